The smallest absolute Gasteiger partial charge is 0.275 e. The van der Waals surface area contributed by atoms with Crippen LogP contribution < -0.4 is 14.9 Å². The number of hydrogen-bond donors (Lipinski definition) is 1. The molecule has 0 unspecified atom stereocenters. The monoisotopic (exact) mass is 402 g/mol. The highest BCUT2D eigenvalue weighted by atomic mass is 79.9. The number of nitrogens with one attached hydrogen (secondary N) is 1. The number of carbonyl (C=O) groups excluding carboxylic acids is 1. The van der Waals surface area contributed by atoms with E-state index in [1.165, 1.54) is 6.21 Å². The van der Waals surface area contributed by atoms with Gasteiger partial charge in [-0.25, -0.2) is 5.43 Å². The summed E-state index contributed by atoms with van der Waals surface area (Å²) in [7, 11) is 0. The van der Waals surface area contributed by atoms with E-state index in [1.54, 1.807) is 18.2 Å². The molecule has 5 nitrogen and oxygen atoms in total. The lowest BCUT2D eigenvalue weighted by molar-refractivity contribution is 0.0951. The zero-order valence-electron chi connectivity index (χ0n) is 13.9. The number of halogens is 1. The zero-order valence-corrected chi connectivity index (χ0v) is 15.5. The van der Waals surface area contributed by atoms with Crippen LogP contribution in [0.2, 0.25) is 0 Å². The molecule has 0 aliphatic carbocycles. The molecule has 6 heteroatoms. The maximum Gasteiger partial charge on any atom is 0.275 e. The number of hydrogen-bond acceptors (Lipinski definition) is 4. The average molecular weight is 403 g/mol. The summed E-state index contributed by atoms with van der Waals surface area (Å²) >= 11 is 3.36. The van der Waals surface area contributed by atoms with E-state index in [1.807, 2.05) is 37.3 Å². The molecule has 1 amide bonds. The van der Waals surface area contributed by atoms with Gasteiger partial charge >= 0.3 is 0 Å². The fourth-order valence-corrected chi connectivity index (χ4v) is 2.41. The Kier molecular flexibility index (Phi) is 7.22. The van der Waals surface area contributed by atoms with Crippen LogP contribution in [0.25, 0.3) is 0 Å². The molecule has 0 saturated heterocycles. The molecule has 0 spiro atoms. The predicted octanol–water partition coefficient (Wildman–Crippen LogP) is 4.18. The molecule has 2 aromatic carbocycles. The lowest BCUT2D eigenvalue weighted by Crippen LogP contribution is -2.19. The topological polar surface area (TPSA) is 59.9 Å². The number of benzene rings is 2. The van der Waals surface area contributed by atoms with E-state index in [9.17, 15) is 4.79 Å². The highest BCUT2D eigenvalue weighted by molar-refractivity contribution is 9.10. The number of carbonyl (C=O) groups is 1. The molecule has 25 heavy (non-hydrogen) atoms. The molecule has 0 aliphatic heterocycles. The Balaban J connectivity index is 2.11. The molecule has 0 saturated carbocycles. The van der Waals surface area contributed by atoms with Gasteiger partial charge in [0.1, 0.15) is 18.1 Å². The van der Waals surface area contributed by atoms with Gasteiger partial charge in [-0.15, -0.1) is 0 Å². The van der Waals surface area contributed by atoms with Gasteiger partial charge < -0.3 is 9.47 Å². The Hall–Kier alpha value is -2.60. The van der Waals surface area contributed by atoms with Gasteiger partial charge in [0, 0.05) is 10.0 Å². The Morgan fingerprint density at radius 1 is 1.24 bits per heavy atom. The molecule has 2 rings (SSSR count). The first kappa shape index (κ1) is 18.7. The van der Waals surface area contributed by atoms with Crippen molar-refractivity contribution in [2.45, 2.75) is 6.92 Å². The lowest BCUT2D eigenvalue weighted by Gasteiger charge is -2.09. The Morgan fingerprint density at radius 2 is 2.04 bits per heavy atom. The maximum absolute atomic E-state index is 12.4. The van der Waals surface area contributed by atoms with Crippen molar-refractivity contribution >= 4 is 28.1 Å². The summed E-state index contributed by atoms with van der Waals surface area (Å²) in [4.78, 5) is 12.4. The lowest BCUT2D eigenvalue weighted by atomic mass is 10.2. The van der Waals surface area contributed by atoms with E-state index in [2.05, 4.69) is 33.0 Å². The van der Waals surface area contributed by atoms with Gasteiger partial charge in [-0.1, -0.05) is 40.7 Å². The summed E-state index contributed by atoms with van der Waals surface area (Å²) in [6, 6.07) is 12.7. The summed E-state index contributed by atoms with van der Waals surface area (Å²) in [6.45, 7) is 6.35. The van der Waals surface area contributed by atoms with Gasteiger partial charge in [0.25, 0.3) is 5.91 Å². The molecule has 130 valence electrons. The van der Waals surface area contributed by atoms with Gasteiger partial charge in [0.2, 0.25) is 0 Å². The first-order valence-corrected chi connectivity index (χ1v) is 8.53. The highest BCUT2D eigenvalue weighted by Gasteiger charge is 2.12. The van der Waals surface area contributed by atoms with E-state index in [-0.39, 0.29) is 5.91 Å². The van der Waals surface area contributed by atoms with Gasteiger partial charge in [0.15, 0.2) is 0 Å². The number of nitrogens with zero attached hydrogens (tertiary/aromatic N) is 1. The average Bonchev–Trinajstić information content (AvgIpc) is 2.62. The third kappa shape index (κ3) is 5.46. The van der Waals surface area contributed by atoms with E-state index in [0.29, 0.717) is 30.3 Å². The summed E-state index contributed by atoms with van der Waals surface area (Å²) in [5, 5.41) is 4.02. The van der Waals surface area contributed by atoms with E-state index in [0.717, 1.165) is 10.0 Å². The Labute approximate surface area is 155 Å². The molecule has 0 aliphatic rings. The van der Waals surface area contributed by atoms with Crippen LogP contribution in [0.4, 0.5) is 0 Å². The number of hydrazone groups is 1. The van der Waals surface area contributed by atoms with Crippen LogP contribution in [-0.2, 0) is 0 Å². The normalized spacial score (nSPS) is 10.5. The molecule has 0 bridgehead atoms. The third-order valence-corrected chi connectivity index (χ3v) is 3.62. The number of ether oxygens (including phenoxy) is 2. The quantitative estimate of drug-likeness (QED) is 0.409. The molecule has 0 atom stereocenters. The standard InChI is InChI=1S/C19H19BrN2O3/c1-3-11-25-17-8-6-5-7-14(17)13-21-22-19(23)16-12-15(20)9-10-18(16)24-4-2/h3,5-10,12-13H,1,4,11H2,2H3,(H,22,23). The predicted molar refractivity (Wildman–Crippen MR) is 103 cm³/mol. The third-order valence-electron chi connectivity index (χ3n) is 3.13. The SMILES string of the molecule is C=CCOc1ccccc1C=NNC(=O)c1cc(Br)ccc1OCC. The van der Waals surface area contributed by atoms with Crippen molar-refractivity contribution in [1.82, 2.24) is 5.43 Å². The van der Waals surface area contributed by atoms with Gasteiger partial charge in [-0.3, -0.25) is 4.79 Å². The van der Waals surface area contributed by atoms with Crippen LogP contribution in [0, 0.1) is 0 Å². The van der Waals surface area contributed by atoms with E-state index in [4.69, 9.17) is 9.47 Å². The Bertz CT molecular complexity index is 775. The first-order chi connectivity index (χ1) is 12.2. The molecule has 0 aromatic heterocycles. The minimum absolute atomic E-state index is 0.356. The van der Waals surface area contributed by atoms with E-state index >= 15 is 0 Å². The van der Waals surface area contributed by atoms with Gasteiger partial charge in [-0.05, 0) is 37.3 Å². The van der Waals surface area contributed by atoms with Crippen LogP contribution in [0.15, 0.2) is 64.7 Å². The zero-order chi connectivity index (χ0) is 18.1. The van der Waals surface area contributed by atoms with Crippen molar-refractivity contribution in [3.8, 4) is 11.5 Å². The second kappa shape index (κ2) is 9.64. The maximum atomic E-state index is 12.4. The summed E-state index contributed by atoms with van der Waals surface area (Å²) in [6.07, 6.45) is 3.20. The van der Waals surface area contributed by atoms with Crippen molar-refractivity contribution < 1.29 is 14.3 Å². The van der Waals surface area contributed by atoms with Crippen LogP contribution in [-0.4, -0.2) is 25.3 Å². The largest absolute Gasteiger partial charge is 0.493 e. The molecule has 2 aromatic rings. The van der Waals surface area contributed by atoms with Crippen LogP contribution in [0.3, 0.4) is 0 Å². The Morgan fingerprint density at radius 3 is 2.80 bits per heavy atom. The summed E-state index contributed by atoms with van der Waals surface area (Å²) < 4.78 is 11.8. The summed E-state index contributed by atoms with van der Waals surface area (Å²) in [5.74, 6) is 0.816. The minimum Gasteiger partial charge on any atom is -0.493 e. The summed E-state index contributed by atoms with van der Waals surface area (Å²) in [5.41, 5.74) is 3.67. The second-order valence-corrected chi connectivity index (χ2v) is 5.83. The van der Waals surface area contributed by atoms with Crippen molar-refractivity contribution in [2.75, 3.05) is 13.2 Å². The van der Waals surface area contributed by atoms with Crippen molar-refractivity contribution in [1.29, 1.82) is 0 Å². The van der Waals surface area contributed by atoms with Crippen LogP contribution in [0.5, 0.6) is 11.5 Å². The second-order valence-electron chi connectivity index (χ2n) is 4.91. The molecule has 1 N–H and O–H groups in total. The van der Waals surface area contributed by atoms with Crippen LogP contribution >= 0.6 is 15.9 Å². The number of para-hydroxylation sites is 1. The molecule has 0 radical (unpaired) electrons. The number of amides is 1. The van der Waals surface area contributed by atoms with Gasteiger partial charge in [-0.2, -0.15) is 5.10 Å². The highest BCUT2D eigenvalue weighted by Crippen LogP contribution is 2.23. The van der Waals surface area contributed by atoms with Crippen molar-refractivity contribution in [2.24, 2.45) is 5.10 Å². The van der Waals surface area contributed by atoms with Crippen LogP contribution in [0.1, 0.15) is 22.8 Å². The van der Waals surface area contributed by atoms with E-state index < -0.39 is 0 Å². The fraction of sp³-hybridized carbons (Fsp3) is 0.158. The van der Waals surface area contributed by atoms with Gasteiger partial charge in [0.05, 0.1) is 18.4 Å². The molecule has 0 fully saturated rings. The molecular formula is C19H19BrN2O3. The molecule has 0 heterocycles. The van der Waals surface area contributed by atoms with Crippen molar-refractivity contribution in [3.05, 3.63) is 70.7 Å². The molecular weight excluding hydrogens is 384 g/mol. The fourth-order valence-electron chi connectivity index (χ4n) is 2.05. The minimum atomic E-state index is -0.356. The number of rotatable bonds is 8. The van der Waals surface area contributed by atoms with Crippen molar-refractivity contribution in [3.63, 3.8) is 0 Å². The first-order valence-electron chi connectivity index (χ1n) is 7.74.